The minimum atomic E-state index is 0. The zero-order valence-electron chi connectivity index (χ0n) is 13.0. The highest BCUT2D eigenvalue weighted by molar-refractivity contribution is 14.0. The summed E-state index contributed by atoms with van der Waals surface area (Å²) in [4.78, 5) is 6.71. The van der Waals surface area contributed by atoms with Gasteiger partial charge >= 0.3 is 0 Å². The van der Waals surface area contributed by atoms with Crippen LogP contribution in [0.15, 0.2) is 33.7 Å². The van der Waals surface area contributed by atoms with E-state index in [0.717, 1.165) is 42.2 Å². The third-order valence-electron chi connectivity index (χ3n) is 3.54. The maximum Gasteiger partial charge on any atom is 0.191 e. The van der Waals surface area contributed by atoms with Gasteiger partial charge in [-0.2, -0.15) is 11.8 Å². The second-order valence-corrected chi connectivity index (χ2v) is 6.95. The average Bonchev–Trinajstić information content (AvgIpc) is 2.95. The van der Waals surface area contributed by atoms with Crippen LogP contribution in [0.25, 0.3) is 0 Å². The molecule has 0 bridgehead atoms. The van der Waals surface area contributed by atoms with Crippen molar-refractivity contribution in [3.05, 3.63) is 28.7 Å². The van der Waals surface area contributed by atoms with Gasteiger partial charge in [0, 0.05) is 48.6 Å². The fourth-order valence-corrected chi connectivity index (χ4v) is 2.99. The molecule has 7 heteroatoms. The van der Waals surface area contributed by atoms with E-state index in [-0.39, 0.29) is 24.0 Å². The molecule has 2 rings (SSSR count). The molecule has 1 fully saturated rings. The Morgan fingerprint density at radius 2 is 2.14 bits per heavy atom. The molecule has 1 aromatic carbocycles. The lowest BCUT2D eigenvalue weighted by Gasteiger charge is -2.20. The summed E-state index contributed by atoms with van der Waals surface area (Å²) in [6.07, 6.45) is 3.25. The molecule has 1 aliphatic rings. The van der Waals surface area contributed by atoms with Gasteiger partial charge in [0.1, 0.15) is 0 Å². The number of anilines is 1. The Morgan fingerprint density at radius 1 is 1.41 bits per heavy atom. The number of hydrogen-bond donors (Lipinski definition) is 2. The summed E-state index contributed by atoms with van der Waals surface area (Å²) in [6, 6.07) is 8.97. The smallest absolute Gasteiger partial charge is 0.191 e. The van der Waals surface area contributed by atoms with E-state index in [2.05, 4.69) is 67.0 Å². The molecule has 2 N–H and O–H groups in total. The Morgan fingerprint density at radius 3 is 2.77 bits per heavy atom. The standard InChI is InChI=1S/C15H23BrN4S.HI/c1-17-15(18-8-10-21-2)19-13-7-9-20(11-13)14-5-3-12(16)4-6-14;/h3-6,13H,7-11H2,1-2H3,(H2,17,18,19);1H. The summed E-state index contributed by atoms with van der Waals surface area (Å²) in [5.74, 6) is 2.00. The van der Waals surface area contributed by atoms with E-state index in [9.17, 15) is 0 Å². The lowest BCUT2D eigenvalue weighted by molar-refractivity contribution is 0.652. The van der Waals surface area contributed by atoms with Crippen molar-refractivity contribution in [2.45, 2.75) is 12.5 Å². The van der Waals surface area contributed by atoms with Crippen LogP contribution in [0, 0.1) is 0 Å². The number of nitrogens with one attached hydrogen (secondary N) is 2. The van der Waals surface area contributed by atoms with Gasteiger partial charge in [0.05, 0.1) is 0 Å². The van der Waals surface area contributed by atoms with Crippen molar-refractivity contribution < 1.29 is 0 Å². The van der Waals surface area contributed by atoms with E-state index in [4.69, 9.17) is 0 Å². The molecule has 0 spiro atoms. The molecule has 1 unspecified atom stereocenters. The van der Waals surface area contributed by atoms with Crippen LogP contribution in [0.1, 0.15) is 6.42 Å². The van der Waals surface area contributed by atoms with Gasteiger partial charge in [-0.05, 0) is 36.9 Å². The number of hydrogen-bond acceptors (Lipinski definition) is 3. The van der Waals surface area contributed by atoms with Crippen molar-refractivity contribution in [2.75, 3.05) is 43.6 Å². The summed E-state index contributed by atoms with van der Waals surface area (Å²) >= 11 is 5.32. The molecule has 0 aromatic heterocycles. The van der Waals surface area contributed by atoms with Gasteiger partial charge in [-0.3, -0.25) is 4.99 Å². The lowest BCUT2D eigenvalue weighted by atomic mass is 10.3. The third-order valence-corrected chi connectivity index (χ3v) is 4.68. The van der Waals surface area contributed by atoms with Gasteiger partial charge in [-0.1, -0.05) is 15.9 Å². The molecule has 0 aliphatic carbocycles. The average molecular weight is 499 g/mol. The number of nitrogens with zero attached hydrogens (tertiary/aromatic N) is 2. The first-order chi connectivity index (χ1) is 10.2. The van der Waals surface area contributed by atoms with E-state index in [1.54, 1.807) is 0 Å². The Kier molecular flexibility index (Phi) is 9.58. The normalized spacial score (nSPS) is 18.0. The van der Waals surface area contributed by atoms with Gasteiger partial charge in [-0.15, -0.1) is 24.0 Å². The highest BCUT2D eigenvalue weighted by atomic mass is 127. The summed E-state index contributed by atoms with van der Waals surface area (Å²) in [5, 5.41) is 6.87. The van der Waals surface area contributed by atoms with Crippen LogP contribution in [0.5, 0.6) is 0 Å². The molecular formula is C15H24BrIN4S. The van der Waals surface area contributed by atoms with Crippen LogP contribution in [0.4, 0.5) is 5.69 Å². The number of guanidine groups is 1. The number of benzene rings is 1. The lowest BCUT2D eigenvalue weighted by Crippen LogP contribution is -2.45. The van der Waals surface area contributed by atoms with E-state index < -0.39 is 0 Å². The van der Waals surface area contributed by atoms with Gasteiger partial charge in [-0.25, -0.2) is 0 Å². The van der Waals surface area contributed by atoms with Crippen LogP contribution < -0.4 is 15.5 Å². The predicted octanol–water partition coefficient (Wildman–Crippen LogP) is 3.17. The zero-order chi connectivity index (χ0) is 15.1. The first-order valence-electron chi connectivity index (χ1n) is 7.19. The molecule has 0 radical (unpaired) electrons. The highest BCUT2D eigenvalue weighted by Crippen LogP contribution is 2.22. The minimum Gasteiger partial charge on any atom is -0.369 e. The topological polar surface area (TPSA) is 39.7 Å². The molecule has 0 saturated carbocycles. The fourth-order valence-electron chi connectivity index (χ4n) is 2.42. The van der Waals surface area contributed by atoms with Crippen molar-refractivity contribution >= 4 is 63.3 Å². The van der Waals surface area contributed by atoms with Crippen LogP contribution in [-0.4, -0.2) is 50.7 Å². The number of rotatable bonds is 5. The second-order valence-electron chi connectivity index (χ2n) is 5.04. The molecule has 1 saturated heterocycles. The fraction of sp³-hybridized carbons (Fsp3) is 0.533. The van der Waals surface area contributed by atoms with E-state index in [0.29, 0.717) is 6.04 Å². The van der Waals surface area contributed by atoms with E-state index in [1.807, 2.05) is 18.8 Å². The zero-order valence-corrected chi connectivity index (χ0v) is 17.7. The number of aliphatic imine (C=N–C) groups is 1. The Labute approximate surface area is 163 Å². The molecule has 1 aromatic rings. The van der Waals surface area contributed by atoms with Crippen LogP contribution in [-0.2, 0) is 0 Å². The van der Waals surface area contributed by atoms with E-state index in [1.165, 1.54) is 5.69 Å². The van der Waals surface area contributed by atoms with Crippen molar-refractivity contribution in [2.24, 2.45) is 4.99 Å². The molecule has 1 aliphatic heterocycles. The van der Waals surface area contributed by atoms with Gasteiger partial charge in [0.15, 0.2) is 5.96 Å². The number of thioether (sulfide) groups is 1. The van der Waals surface area contributed by atoms with Crippen molar-refractivity contribution in [1.82, 2.24) is 10.6 Å². The molecule has 124 valence electrons. The summed E-state index contributed by atoms with van der Waals surface area (Å²) in [7, 11) is 1.83. The van der Waals surface area contributed by atoms with Gasteiger partial charge < -0.3 is 15.5 Å². The van der Waals surface area contributed by atoms with Crippen molar-refractivity contribution in [1.29, 1.82) is 0 Å². The Hall–Kier alpha value is -0.150. The third kappa shape index (κ3) is 6.16. The van der Waals surface area contributed by atoms with Crippen LogP contribution in [0.3, 0.4) is 0 Å². The van der Waals surface area contributed by atoms with E-state index >= 15 is 0 Å². The Balaban J connectivity index is 0.00000242. The van der Waals surface area contributed by atoms with Gasteiger partial charge in [0.25, 0.3) is 0 Å². The minimum absolute atomic E-state index is 0. The predicted molar refractivity (Wildman–Crippen MR) is 113 cm³/mol. The number of halogens is 2. The molecular weight excluding hydrogens is 475 g/mol. The second kappa shape index (κ2) is 10.6. The van der Waals surface area contributed by atoms with Crippen molar-refractivity contribution in [3.63, 3.8) is 0 Å². The van der Waals surface area contributed by atoms with Crippen LogP contribution >= 0.6 is 51.7 Å². The monoisotopic (exact) mass is 498 g/mol. The van der Waals surface area contributed by atoms with Crippen LogP contribution in [0.2, 0.25) is 0 Å². The Bertz CT molecular complexity index is 469. The quantitative estimate of drug-likeness (QED) is 0.283. The molecule has 1 heterocycles. The molecule has 1 atom stereocenters. The summed E-state index contributed by atoms with van der Waals surface area (Å²) < 4.78 is 1.12. The SMILES string of the molecule is CN=C(NCCSC)NC1CCN(c2ccc(Br)cc2)C1.I. The maximum absolute atomic E-state index is 4.29. The maximum atomic E-state index is 4.29. The summed E-state index contributed by atoms with van der Waals surface area (Å²) in [5.41, 5.74) is 1.29. The summed E-state index contributed by atoms with van der Waals surface area (Å²) in [6.45, 7) is 3.05. The highest BCUT2D eigenvalue weighted by Gasteiger charge is 2.23. The van der Waals surface area contributed by atoms with Gasteiger partial charge in [0.2, 0.25) is 0 Å². The molecule has 0 amide bonds. The van der Waals surface area contributed by atoms with Crippen molar-refractivity contribution in [3.8, 4) is 0 Å². The largest absolute Gasteiger partial charge is 0.369 e. The molecule has 4 nitrogen and oxygen atoms in total. The first-order valence-corrected chi connectivity index (χ1v) is 9.38. The first kappa shape index (κ1) is 19.9. The molecule has 22 heavy (non-hydrogen) atoms.